The van der Waals surface area contributed by atoms with Gasteiger partial charge in [-0.3, -0.25) is 9.59 Å². The molecule has 0 saturated carbocycles. The highest BCUT2D eigenvalue weighted by molar-refractivity contribution is 9.09. The molecular weight excluding hydrogens is 330 g/mol. The van der Waals surface area contributed by atoms with Crippen molar-refractivity contribution in [2.24, 2.45) is 0 Å². The predicted molar refractivity (Wildman–Crippen MR) is 84.3 cm³/mol. The van der Waals surface area contributed by atoms with Gasteiger partial charge in [0.1, 0.15) is 0 Å². The maximum atomic E-state index is 11.8. The zero-order chi connectivity index (χ0) is 14.6. The first kappa shape index (κ1) is 12.5. The molecule has 2 amide bonds. The van der Waals surface area contributed by atoms with Crippen molar-refractivity contribution in [3.63, 3.8) is 0 Å². The van der Waals surface area contributed by atoms with Crippen LogP contribution in [-0.2, 0) is 9.59 Å². The molecule has 1 heterocycles. The van der Waals surface area contributed by atoms with E-state index in [-0.39, 0.29) is 16.6 Å². The van der Waals surface area contributed by atoms with Crippen molar-refractivity contribution in [2.75, 3.05) is 4.90 Å². The van der Waals surface area contributed by atoms with Crippen LogP contribution in [-0.4, -0.2) is 11.8 Å². The number of rotatable bonds is 1. The standard InChI is InChI=1S/C17H10BrNO2/c18-17-13-4-2-1-3-11(13)12-6-5-10(9-14(12)17)19-15(20)7-8-16(19)21/h1-9,17H/t17-/m1/s1. The van der Waals surface area contributed by atoms with Crippen LogP contribution in [0.4, 0.5) is 5.69 Å². The molecule has 21 heavy (non-hydrogen) atoms. The lowest BCUT2D eigenvalue weighted by Gasteiger charge is -2.15. The number of nitrogens with zero attached hydrogens (tertiary/aromatic N) is 1. The van der Waals surface area contributed by atoms with Crippen LogP contribution in [0.3, 0.4) is 0 Å². The van der Waals surface area contributed by atoms with Gasteiger partial charge in [-0.05, 0) is 34.4 Å². The first-order valence-corrected chi connectivity index (χ1v) is 7.52. The lowest BCUT2D eigenvalue weighted by molar-refractivity contribution is -0.119. The maximum Gasteiger partial charge on any atom is 0.258 e. The van der Waals surface area contributed by atoms with Crippen LogP contribution in [0.15, 0.2) is 54.6 Å². The van der Waals surface area contributed by atoms with Crippen LogP contribution in [0.1, 0.15) is 16.0 Å². The van der Waals surface area contributed by atoms with Gasteiger partial charge in [0.2, 0.25) is 0 Å². The van der Waals surface area contributed by atoms with Gasteiger partial charge in [-0.15, -0.1) is 0 Å². The van der Waals surface area contributed by atoms with Gasteiger partial charge in [0.05, 0.1) is 10.5 Å². The normalized spacial score (nSPS) is 19.1. The third-order valence-electron chi connectivity index (χ3n) is 3.90. The number of carbonyl (C=O) groups excluding carboxylic acids is 2. The van der Waals surface area contributed by atoms with E-state index < -0.39 is 0 Å². The van der Waals surface area contributed by atoms with E-state index in [0.717, 1.165) is 11.1 Å². The molecule has 1 aliphatic heterocycles. The van der Waals surface area contributed by atoms with E-state index in [0.29, 0.717) is 5.69 Å². The van der Waals surface area contributed by atoms with Crippen molar-refractivity contribution >= 4 is 33.4 Å². The van der Waals surface area contributed by atoms with Gasteiger partial charge in [0, 0.05) is 12.2 Å². The van der Waals surface area contributed by atoms with Gasteiger partial charge in [-0.25, -0.2) is 4.90 Å². The van der Waals surface area contributed by atoms with Crippen molar-refractivity contribution in [3.8, 4) is 11.1 Å². The molecular formula is C17H10BrNO2. The number of amides is 2. The Morgan fingerprint density at radius 1 is 0.857 bits per heavy atom. The molecule has 2 aliphatic rings. The number of alkyl halides is 1. The third kappa shape index (κ3) is 1.72. The van der Waals surface area contributed by atoms with Gasteiger partial charge >= 0.3 is 0 Å². The Balaban J connectivity index is 1.84. The minimum Gasteiger partial charge on any atom is -0.269 e. The molecule has 4 heteroatoms. The molecule has 0 saturated heterocycles. The van der Waals surface area contributed by atoms with Crippen LogP contribution in [0, 0.1) is 0 Å². The number of fused-ring (bicyclic) bond motifs is 3. The number of benzene rings is 2. The number of imide groups is 1. The Morgan fingerprint density at radius 2 is 1.52 bits per heavy atom. The molecule has 3 nitrogen and oxygen atoms in total. The molecule has 0 N–H and O–H groups in total. The van der Waals surface area contributed by atoms with Crippen molar-refractivity contribution in [2.45, 2.75) is 4.83 Å². The molecule has 0 unspecified atom stereocenters. The molecule has 1 atom stereocenters. The van der Waals surface area contributed by atoms with Crippen molar-refractivity contribution in [3.05, 3.63) is 65.7 Å². The monoisotopic (exact) mass is 339 g/mol. The Labute approximate surface area is 130 Å². The third-order valence-corrected chi connectivity index (χ3v) is 4.89. The molecule has 4 rings (SSSR count). The molecule has 0 fully saturated rings. The molecule has 2 aromatic rings. The number of anilines is 1. The summed E-state index contributed by atoms with van der Waals surface area (Å²) in [6.07, 6.45) is 2.60. The number of hydrogen-bond acceptors (Lipinski definition) is 2. The summed E-state index contributed by atoms with van der Waals surface area (Å²) in [5.74, 6) is -0.580. The van der Waals surface area contributed by atoms with Crippen LogP contribution in [0.2, 0.25) is 0 Å². The van der Waals surface area contributed by atoms with Crippen LogP contribution in [0.25, 0.3) is 11.1 Å². The highest BCUT2D eigenvalue weighted by Crippen LogP contribution is 2.48. The van der Waals surface area contributed by atoms with Crippen LogP contribution >= 0.6 is 15.9 Å². The van der Waals surface area contributed by atoms with E-state index in [4.69, 9.17) is 0 Å². The van der Waals surface area contributed by atoms with Gasteiger partial charge in [-0.1, -0.05) is 46.3 Å². The van der Waals surface area contributed by atoms with Crippen molar-refractivity contribution < 1.29 is 9.59 Å². The number of carbonyl (C=O) groups is 2. The second-order valence-corrected chi connectivity index (χ2v) is 5.98. The summed E-state index contributed by atoms with van der Waals surface area (Å²) in [4.78, 5) is 24.9. The first-order chi connectivity index (χ1) is 10.2. The van der Waals surface area contributed by atoms with E-state index in [1.165, 1.54) is 28.2 Å². The van der Waals surface area contributed by atoms with Crippen molar-refractivity contribution in [1.82, 2.24) is 0 Å². The average Bonchev–Trinajstić information content (AvgIpc) is 2.98. The zero-order valence-corrected chi connectivity index (χ0v) is 12.5. The Hall–Kier alpha value is -2.20. The minimum absolute atomic E-state index is 0.0874. The lowest BCUT2D eigenvalue weighted by Crippen LogP contribution is -2.29. The topological polar surface area (TPSA) is 37.4 Å². The van der Waals surface area contributed by atoms with E-state index in [2.05, 4.69) is 28.1 Å². The van der Waals surface area contributed by atoms with Crippen LogP contribution < -0.4 is 4.90 Å². The Morgan fingerprint density at radius 3 is 2.29 bits per heavy atom. The first-order valence-electron chi connectivity index (χ1n) is 6.60. The van der Waals surface area contributed by atoms with E-state index in [9.17, 15) is 9.59 Å². The van der Waals surface area contributed by atoms with E-state index in [1.54, 1.807) is 0 Å². The fourth-order valence-electron chi connectivity index (χ4n) is 2.93. The summed E-state index contributed by atoms with van der Waals surface area (Å²) in [7, 11) is 0. The summed E-state index contributed by atoms with van der Waals surface area (Å²) in [5.41, 5.74) is 5.25. The van der Waals surface area contributed by atoms with Gasteiger partial charge in [0.15, 0.2) is 0 Å². The summed E-state index contributed by atoms with van der Waals surface area (Å²) < 4.78 is 0. The van der Waals surface area contributed by atoms with Crippen molar-refractivity contribution in [1.29, 1.82) is 0 Å². The largest absolute Gasteiger partial charge is 0.269 e. The number of hydrogen-bond donors (Lipinski definition) is 0. The molecule has 1 aliphatic carbocycles. The fraction of sp³-hybridized carbons (Fsp3) is 0.0588. The fourth-order valence-corrected chi connectivity index (χ4v) is 3.71. The van der Waals surface area contributed by atoms with Gasteiger partial charge in [-0.2, -0.15) is 0 Å². The van der Waals surface area contributed by atoms with Gasteiger partial charge in [0.25, 0.3) is 11.8 Å². The average molecular weight is 340 g/mol. The molecule has 0 radical (unpaired) electrons. The summed E-state index contributed by atoms with van der Waals surface area (Å²) in [6, 6.07) is 13.9. The second-order valence-electron chi connectivity index (χ2n) is 5.07. The predicted octanol–water partition coefficient (Wildman–Crippen LogP) is 3.58. The summed E-state index contributed by atoms with van der Waals surface area (Å²) >= 11 is 3.70. The number of halogens is 1. The van der Waals surface area contributed by atoms with Crippen LogP contribution in [0.5, 0.6) is 0 Å². The SMILES string of the molecule is O=C1C=CC(=O)N1c1ccc2c(c1)[C@H](Br)c1ccccc1-2. The molecule has 0 aromatic heterocycles. The highest BCUT2D eigenvalue weighted by atomic mass is 79.9. The molecule has 102 valence electrons. The summed E-state index contributed by atoms with van der Waals surface area (Å²) in [6.45, 7) is 0. The molecule has 0 spiro atoms. The minimum atomic E-state index is -0.290. The van der Waals surface area contributed by atoms with Gasteiger partial charge < -0.3 is 0 Å². The second kappa shape index (κ2) is 4.40. The Bertz CT molecular complexity index is 807. The smallest absolute Gasteiger partial charge is 0.258 e. The maximum absolute atomic E-state index is 11.8. The Kier molecular flexibility index (Phi) is 2.62. The molecule has 2 aromatic carbocycles. The zero-order valence-electron chi connectivity index (χ0n) is 10.9. The molecule has 0 bridgehead atoms. The van der Waals surface area contributed by atoms with E-state index >= 15 is 0 Å². The quantitative estimate of drug-likeness (QED) is 0.588. The van der Waals surface area contributed by atoms with E-state index in [1.807, 2.05) is 30.3 Å². The summed E-state index contributed by atoms with van der Waals surface area (Å²) in [5, 5.41) is 0. The highest BCUT2D eigenvalue weighted by Gasteiger charge is 2.30. The lowest BCUT2D eigenvalue weighted by atomic mass is 10.1.